The predicted octanol–water partition coefficient (Wildman–Crippen LogP) is 1.57. The van der Waals surface area contributed by atoms with Crippen LogP contribution in [0.25, 0.3) is 0 Å². The summed E-state index contributed by atoms with van der Waals surface area (Å²) in [5.74, 6) is 5.67. The molecular weight excluding hydrogens is 284 g/mol. The third-order valence-corrected chi connectivity index (χ3v) is 4.76. The van der Waals surface area contributed by atoms with E-state index in [1.165, 1.54) is 11.3 Å². The van der Waals surface area contributed by atoms with E-state index in [0.29, 0.717) is 6.04 Å². The molecule has 1 fully saturated rings. The molecule has 1 aliphatic heterocycles. The number of thiophene rings is 1. The van der Waals surface area contributed by atoms with Crippen LogP contribution < -0.4 is 0 Å². The summed E-state index contributed by atoms with van der Waals surface area (Å²) in [7, 11) is 4.08. The minimum Gasteiger partial charge on any atom is -0.384 e. The van der Waals surface area contributed by atoms with Crippen LogP contribution >= 0.6 is 11.3 Å². The molecule has 1 N–H and O–H groups in total. The molecule has 0 saturated carbocycles. The lowest BCUT2D eigenvalue weighted by Gasteiger charge is -2.26. The minimum absolute atomic E-state index is 0.115. The van der Waals surface area contributed by atoms with E-state index in [4.69, 9.17) is 5.11 Å². The van der Waals surface area contributed by atoms with Gasteiger partial charge in [-0.15, -0.1) is 11.3 Å². The average molecular weight is 306 g/mol. The van der Waals surface area contributed by atoms with E-state index in [0.717, 1.165) is 41.2 Å². The van der Waals surface area contributed by atoms with Gasteiger partial charge in [-0.05, 0) is 45.5 Å². The molecule has 0 radical (unpaired) electrons. The van der Waals surface area contributed by atoms with E-state index in [1.54, 1.807) is 0 Å². The van der Waals surface area contributed by atoms with E-state index < -0.39 is 0 Å². The van der Waals surface area contributed by atoms with Gasteiger partial charge in [0.05, 0.1) is 9.75 Å². The Hall–Kier alpha value is -1.35. The van der Waals surface area contributed by atoms with Gasteiger partial charge in [0.25, 0.3) is 5.91 Å². The highest BCUT2D eigenvalue weighted by Crippen LogP contribution is 2.26. The Bertz CT molecular complexity index is 569. The van der Waals surface area contributed by atoms with Crippen molar-refractivity contribution in [2.45, 2.75) is 25.8 Å². The van der Waals surface area contributed by atoms with Crippen LogP contribution in [0.5, 0.6) is 0 Å². The lowest BCUT2D eigenvalue weighted by Crippen LogP contribution is -2.41. The van der Waals surface area contributed by atoms with Gasteiger partial charge in [-0.3, -0.25) is 4.79 Å². The zero-order chi connectivity index (χ0) is 15.4. The summed E-state index contributed by atoms with van der Waals surface area (Å²) in [5, 5.41) is 8.78. The Balaban J connectivity index is 2.16. The molecule has 1 unspecified atom stereocenters. The molecule has 4 nitrogen and oxygen atoms in total. The molecule has 2 heterocycles. The van der Waals surface area contributed by atoms with Crippen LogP contribution in [0.15, 0.2) is 6.07 Å². The van der Waals surface area contributed by atoms with Gasteiger partial charge in [-0.25, -0.2) is 0 Å². The highest BCUT2D eigenvalue weighted by atomic mass is 32.1. The molecule has 1 atom stereocenters. The summed E-state index contributed by atoms with van der Waals surface area (Å²) in [5.41, 5.74) is 1.01. The second-order valence-corrected chi connectivity index (χ2v) is 6.69. The number of carbonyl (C=O) groups is 1. The Labute approximate surface area is 130 Å². The van der Waals surface area contributed by atoms with Crippen molar-refractivity contribution in [3.8, 4) is 11.8 Å². The number of aliphatic hydroxyl groups is 1. The summed E-state index contributed by atoms with van der Waals surface area (Å²) < 4.78 is 0. The van der Waals surface area contributed by atoms with Gasteiger partial charge in [0, 0.05) is 19.1 Å². The van der Waals surface area contributed by atoms with Crippen molar-refractivity contribution in [3.63, 3.8) is 0 Å². The van der Waals surface area contributed by atoms with Crippen LogP contribution in [0.1, 0.15) is 33.0 Å². The number of hydrogen-bond donors (Lipinski definition) is 1. The number of likely N-dealkylation sites (N-methyl/N-ethyl adjacent to an activating group) is 1. The number of carbonyl (C=O) groups excluding carboxylic acids is 1. The quantitative estimate of drug-likeness (QED) is 0.862. The molecular formula is C16H22N2O2S. The molecule has 1 saturated heterocycles. The molecule has 1 aromatic heterocycles. The van der Waals surface area contributed by atoms with Crippen LogP contribution in [0.2, 0.25) is 0 Å². The van der Waals surface area contributed by atoms with Gasteiger partial charge in [-0.1, -0.05) is 11.8 Å². The molecule has 0 aliphatic carbocycles. The maximum Gasteiger partial charge on any atom is 0.264 e. The van der Waals surface area contributed by atoms with Crippen molar-refractivity contribution in [3.05, 3.63) is 21.4 Å². The summed E-state index contributed by atoms with van der Waals surface area (Å²) in [6.07, 6.45) is 2.15. The van der Waals surface area contributed by atoms with Crippen LogP contribution in [0.4, 0.5) is 0 Å². The van der Waals surface area contributed by atoms with Crippen LogP contribution in [0, 0.1) is 18.8 Å². The minimum atomic E-state index is -0.155. The molecule has 0 bridgehead atoms. The molecule has 21 heavy (non-hydrogen) atoms. The third kappa shape index (κ3) is 3.85. The number of rotatable bonds is 3. The van der Waals surface area contributed by atoms with Crippen molar-refractivity contribution >= 4 is 17.2 Å². The van der Waals surface area contributed by atoms with Crippen molar-refractivity contribution < 1.29 is 9.90 Å². The number of amides is 1. The first-order chi connectivity index (χ1) is 10.0. The number of hydrogen-bond acceptors (Lipinski definition) is 4. The number of aliphatic hydroxyl groups excluding tert-OH is 1. The molecule has 1 amide bonds. The fraction of sp³-hybridized carbons (Fsp3) is 0.562. The SMILES string of the molecule is Cc1cc(C(=O)N2CCCC2CN(C)C)sc1C#CCO. The maximum absolute atomic E-state index is 12.7. The van der Waals surface area contributed by atoms with E-state index in [2.05, 4.69) is 16.7 Å². The zero-order valence-electron chi connectivity index (χ0n) is 12.8. The first-order valence-corrected chi connectivity index (χ1v) is 8.00. The molecule has 1 aliphatic rings. The first-order valence-electron chi connectivity index (χ1n) is 7.18. The Morgan fingerprint density at radius 3 is 3.00 bits per heavy atom. The van der Waals surface area contributed by atoms with Gasteiger partial charge >= 0.3 is 0 Å². The van der Waals surface area contributed by atoms with Crippen LogP contribution in [-0.2, 0) is 0 Å². The standard InChI is InChI=1S/C16H22N2O2S/c1-12-10-15(21-14(12)7-5-9-19)16(20)18-8-4-6-13(18)11-17(2)3/h10,13,19H,4,6,8-9,11H2,1-3H3. The Kier molecular flexibility index (Phi) is 5.40. The number of aryl methyl sites for hydroxylation is 1. The van der Waals surface area contributed by atoms with E-state index in [9.17, 15) is 4.79 Å². The second-order valence-electron chi connectivity index (χ2n) is 5.64. The van der Waals surface area contributed by atoms with Crippen molar-refractivity contribution in [2.24, 2.45) is 0 Å². The van der Waals surface area contributed by atoms with Crippen molar-refractivity contribution in [1.82, 2.24) is 9.80 Å². The number of nitrogens with zero attached hydrogens (tertiary/aromatic N) is 2. The number of likely N-dealkylation sites (tertiary alicyclic amines) is 1. The van der Waals surface area contributed by atoms with Gasteiger partial charge < -0.3 is 14.9 Å². The lowest BCUT2D eigenvalue weighted by atomic mass is 10.2. The van der Waals surface area contributed by atoms with E-state index in [-0.39, 0.29) is 12.5 Å². The fourth-order valence-corrected chi connectivity index (χ4v) is 3.69. The monoisotopic (exact) mass is 306 g/mol. The van der Waals surface area contributed by atoms with E-state index >= 15 is 0 Å². The molecule has 5 heteroatoms. The van der Waals surface area contributed by atoms with Gasteiger partial charge in [0.15, 0.2) is 0 Å². The molecule has 114 valence electrons. The Morgan fingerprint density at radius 2 is 2.33 bits per heavy atom. The average Bonchev–Trinajstić information content (AvgIpc) is 3.02. The Morgan fingerprint density at radius 1 is 1.57 bits per heavy atom. The zero-order valence-corrected chi connectivity index (χ0v) is 13.7. The van der Waals surface area contributed by atoms with E-state index in [1.807, 2.05) is 32.0 Å². The molecule has 0 spiro atoms. The molecule has 1 aromatic rings. The topological polar surface area (TPSA) is 43.8 Å². The highest BCUT2D eigenvalue weighted by molar-refractivity contribution is 7.14. The molecule has 2 rings (SSSR count). The van der Waals surface area contributed by atoms with Crippen LogP contribution in [-0.4, -0.2) is 60.6 Å². The van der Waals surface area contributed by atoms with Gasteiger partial charge in [0.2, 0.25) is 0 Å². The van der Waals surface area contributed by atoms with Gasteiger partial charge in [0.1, 0.15) is 6.61 Å². The lowest BCUT2D eigenvalue weighted by molar-refractivity contribution is 0.0721. The third-order valence-electron chi connectivity index (χ3n) is 3.62. The van der Waals surface area contributed by atoms with Crippen LogP contribution in [0.3, 0.4) is 0 Å². The normalized spacial score (nSPS) is 18.0. The maximum atomic E-state index is 12.7. The fourth-order valence-electron chi connectivity index (χ4n) is 2.69. The largest absolute Gasteiger partial charge is 0.384 e. The second kappa shape index (κ2) is 7.08. The summed E-state index contributed by atoms with van der Waals surface area (Å²) in [6, 6.07) is 2.22. The highest BCUT2D eigenvalue weighted by Gasteiger charge is 2.30. The predicted molar refractivity (Wildman–Crippen MR) is 85.6 cm³/mol. The summed E-state index contributed by atoms with van der Waals surface area (Å²) >= 11 is 1.43. The first kappa shape index (κ1) is 16.0. The summed E-state index contributed by atoms with van der Waals surface area (Å²) in [6.45, 7) is 3.55. The van der Waals surface area contributed by atoms with Gasteiger partial charge in [-0.2, -0.15) is 0 Å². The smallest absolute Gasteiger partial charge is 0.264 e. The summed E-state index contributed by atoms with van der Waals surface area (Å²) in [4.78, 5) is 18.4. The van der Waals surface area contributed by atoms with Crippen molar-refractivity contribution in [1.29, 1.82) is 0 Å². The molecule has 0 aromatic carbocycles. The van der Waals surface area contributed by atoms with Crippen molar-refractivity contribution in [2.75, 3.05) is 33.8 Å².